The zero-order valence-corrected chi connectivity index (χ0v) is 11.5. The predicted octanol–water partition coefficient (Wildman–Crippen LogP) is 2.21. The first kappa shape index (κ1) is 14.3. The highest BCUT2D eigenvalue weighted by Gasteiger charge is 2.38. The predicted molar refractivity (Wildman–Crippen MR) is 74.1 cm³/mol. The van der Waals surface area contributed by atoms with Crippen LogP contribution in [0, 0.1) is 5.82 Å². The summed E-state index contributed by atoms with van der Waals surface area (Å²) >= 11 is 0. The number of halogens is 2. The van der Waals surface area contributed by atoms with Crippen LogP contribution in [0.4, 0.5) is 4.39 Å². The monoisotopic (exact) mass is 284 g/mol. The fraction of sp³-hybridized carbons (Fsp3) is 0.500. The molecule has 0 saturated carbocycles. The molecule has 2 unspecified atom stereocenters. The Morgan fingerprint density at radius 3 is 2.84 bits per heavy atom. The topological polar surface area (TPSA) is 32.3 Å². The maximum atomic E-state index is 13.2. The average Bonchev–Trinajstić information content (AvgIpc) is 2.62. The molecule has 2 bridgehead atoms. The molecule has 5 heteroatoms. The Kier molecular flexibility index (Phi) is 4.42. The van der Waals surface area contributed by atoms with Crippen molar-refractivity contribution in [2.75, 3.05) is 13.1 Å². The van der Waals surface area contributed by atoms with Gasteiger partial charge in [0.1, 0.15) is 5.82 Å². The van der Waals surface area contributed by atoms with Crippen LogP contribution in [-0.2, 0) is 0 Å². The molecule has 2 aliphatic rings. The molecular weight excluding hydrogens is 267 g/mol. The lowest BCUT2D eigenvalue weighted by atomic mass is 10.1. The van der Waals surface area contributed by atoms with Gasteiger partial charge in [-0.25, -0.2) is 4.39 Å². The molecule has 3 rings (SSSR count). The molecular formula is C14H18ClFN2O. The van der Waals surface area contributed by atoms with Gasteiger partial charge in [0.2, 0.25) is 0 Å². The van der Waals surface area contributed by atoms with Crippen LogP contribution in [-0.4, -0.2) is 36.0 Å². The zero-order valence-electron chi connectivity index (χ0n) is 10.6. The van der Waals surface area contributed by atoms with Gasteiger partial charge in [-0.15, -0.1) is 12.4 Å². The number of carbonyl (C=O) groups is 1. The summed E-state index contributed by atoms with van der Waals surface area (Å²) in [6.07, 6.45) is 3.13. The second-order valence-electron chi connectivity index (χ2n) is 5.10. The number of carbonyl (C=O) groups excluding carboxylic acids is 1. The maximum Gasteiger partial charge on any atom is 0.254 e. The Bertz CT molecular complexity index is 455. The SMILES string of the molecule is Cl.O=C(c1cccc(F)c1)N1C2CCNCC1CC2. The molecule has 2 fully saturated rings. The average molecular weight is 285 g/mol. The zero-order chi connectivity index (χ0) is 12.5. The number of rotatable bonds is 1. The molecule has 104 valence electrons. The van der Waals surface area contributed by atoms with Crippen LogP contribution in [0.2, 0.25) is 0 Å². The molecule has 1 amide bonds. The third kappa shape index (κ3) is 2.74. The molecule has 0 spiro atoms. The third-order valence-corrected chi connectivity index (χ3v) is 3.96. The Morgan fingerprint density at radius 2 is 2.05 bits per heavy atom. The van der Waals surface area contributed by atoms with Crippen LogP contribution < -0.4 is 5.32 Å². The summed E-state index contributed by atoms with van der Waals surface area (Å²) in [5, 5.41) is 3.36. The van der Waals surface area contributed by atoms with Gasteiger partial charge in [0, 0.05) is 24.2 Å². The fourth-order valence-electron chi connectivity index (χ4n) is 3.08. The first-order valence-electron chi connectivity index (χ1n) is 6.54. The molecule has 1 aromatic carbocycles. The van der Waals surface area contributed by atoms with Gasteiger partial charge in [-0.05, 0) is 44.0 Å². The molecule has 2 saturated heterocycles. The van der Waals surface area contributed by atoms with E-state index in [0.29, 0.717) is 11.6 Å². The summed E-state index contributed by atoms with van der Waals surface area (Å²) in [6, 6.07) is 6.59. The van der Waals surface area contributed by atoms with Gasteiger partial charge >= 0.3 is 0 Å². The minimum absolute atomic E-state index is 0. The van der Waals surface area contributed by atoms with Gasteiger partial charge in [0.15, 0.2) is 0 Å². The van der Waals surface area contributed by atoms with E-state index in [2.05, 4.69) is 5.32 Å². The molecule has 19 heavy (non-hydrogen) atoms. The molecule has 2 atom stereocenters. The lowest BCUT2D eigenvalue weighted by molar-refractivity contribution is 0.0680. The van der Waals surface area contributed by atoms with E-state index in [4.69, 9.17) is 0 Å². The summed E-state index contributed by atoms with van der Waals surface area (Å²) in [6.45, 7) is 1.83. The van der Waals surface area contributed by atoms with Crippen LogP contribution in [0.3, 0.4) is 0 Å². The van der Waals surface area contributed by atoms with Crippen LogP contribution >= 0.6 is 12.4 Å². The maximum absolute atomic E-state index is 13.2. The van der Waals surface area contributed by atoms with Crippen molar-refractivity contribution in [1.82, 2.24) is 10.2 Å². The van der Waals surface area contributed by atoms with E-state index < -0.39 is 0 Å². The highest BCUT2D eigenvalue weighted by atomic mass is 35.5. The van der Waals surface area contributed by atoms with E-state index in [9.17, 15) is 9.18 Å². The van der Waals surface area contributed by atoms with Crippen molar-refractivity contribution in [2.24, 2.45) is 0 Å². The fourth-order valence-corrected chi connectivity index (χ4v) is 3.08. The van der Waals surface area contributed by atoms with Crippen molar-refractivity contribution >= 4 is 18.3 Å². The van der Waals surface area contributed by atoms with Crippen molar-refractivity contribution in [1.29, 1.82) is 0 Å². The number of nitrogens with zero attached hydrogens (tertiary/aromatic N) is 1. The highest BCUT2D eigenvalue weighted by Crippen LogP contribution is 2.29. The van der Waals surface area contributed by atoms with Crippen LogP contribution in [0.5, 0.6) is 0 Å². The smallest absolute Gasteiger partial charge is 0.254 e. The molecule has 3 nitrogen and oxygen atoms in total. The van der Waals surface area contributed by atoms with Gasteiger partial charge in [0.05, 0.1) is 0 Å². The van der Waals surface area contributed by atoms with E-state index in [-0.39, 0.29) is 30.2 Å². The molecule has 2 aliphatic heterocycles. The number of benzene rings is 1. The van der Waals surface area contributed by atoms with E-state index in [0.717, 1.165) is 32.4 Å². The van der Waals surface area contributed by atoms with Gasteiger partial charge in [-0.2, -0.15) is 0 Å². The Morgan fingerprint density at radius 1 is 1.26 bits per heavy atom. The summed E-state index contributed by atoms with van der Waals surface area (Å²) in [7, 11) is 0. The highest BCUT2D eigenvalue weighted by molar-refractivity contribution is 5.94. The van der Waals surface area contributed by atoms with E-state index in [1.54, 1.807) is 12.1 Å². The normalized spacial score (nSPS) is 25.6. The van der Waals surface area contributed by atoms with Crippen molar-refractivity contribution in [2.45, 2.75) is 31.3 Å². The van der Waals surface area contributed by atoms with Crippen LogP contribution in [0.1, 0.15) is 29.6 Å². The van der Waals surface area contributed by atoms with Gasteiger partial charge in [0.25, 0.3) is 5.91 Å². The Balaban J connectivity index is 0.00000133. The van der Waals surface area contributed by atoms with Gasteiger partial charge in [-0.1, -0.05) is 6.07 Å². The first-order chi connectivity index (χ1) is 8.75. The number of hydrogen-bond donors (Lipinski definition) is 1. The minimum atomic E-state index is -0.346. The van der Waals surface area contributed by atoms with E-state index in [1.807, 2.05) is 4.90 Å². The molecule has 1 aromatic rings. The standard InChI is InChI=1S/C14H17FN2O.ClH/c15-11-3-1-2-10(8-11)14(18)17-12-4-5-13(17)9-16-7-6-12;/h1-3,8,12-13,16H,4-7,9H2;1H. The number of hydrogen-bond acceptors (Lipinski definition) is 2. The summed E-state index contributed by atoms with van der Waals surface area (Å²) in [5.74, 6) is -0.369. The van der Waals surface area contributed by atoms with Gasteiger partial charge in [-0.3, -0.25) is 4.79 Å². The molecule has 0 radical (unpaired) electrons. The lowest BCUT2D eigenvalue weighted by Gasteiger charge is -2.28. The molecule has 0 aliphatic carbocycles. The number of amides is 1. The largest absolute Gasteiger partial charge is 0.331 e. The molecule has 1 N–H and O–H groups in total. The summed E-state index contributed by atoms with van der Waals surface area (Å²) in [4.78, 5) is 14.5. The van der Waals surface area contributed by atoms with Crippen molar-refractivity contribution in [3.05, 3.63) is 35.6 Å². The quantitative estimate of drug-likeness (QED) is 0.858. The second kappa shape index (κ2) is 5.88. The van der Waals surface area contributed by atoms with Crippen molar-refractivity contribution in [3.63, 3.8) is 0 Å². The van der Waals surface area contributed by atoms with Crippen LogP contribution in [0.25, 0.3) is 0 Å². The Hall–Kier alpha value is -1.13. The Labute approximate surface area is 118 Å². The van der Waals surface area contributed by atoms with Crippen molar-refractivity contribution < 1.29 is 9.18 Å². The summed E-state index contributed by atoms with van der Waals surface area (Å²) < 4.78 is 13.2. The van der Waals surface area contributed by atoms with Gasteiger partial charge < -0.3 is 10.2 Å². The second-order valence-corrected chi connectivity index (χ2v) is 5.10. The molecule has 2 heterocycles. The van der Waals surface area contributed by atoms with E-state index >= 15 is 0 Å². The van der Waals surface area contributed by atoms with E-state index in [1.165, 1.54) is 12.1 Å². The number of fused-ring (bicyclic) bond motifs is 2. The van der Waals surface area contributed by atoms with Crippen molar-refractivity contribution in [3.8, 4) is 0 Å². The third-order valence-electron chi connectivity index (χ3n) is 3.96. The van der Waals surface area contributed by atoms with Crippen LogP contribution in [0.15, 0.2) is 24.3 Å². The molecule has 0 aromatic heterocycles. The minimum Gasteiger partial charge on any atom is -0.331 e. The first-order valence-corrected chi connectivity index (χ1v) is 6.54. The summed E-state index contributed by atoms with van der Waals surface area (Å²) in [5.41, 5.74) is 0.466. The number of nitrogens with one attached hydrogen (secondary N) is 1. The lowest BCUT2D eigenvalue weighted by Crippen LogP contribution is -2.42.